The Kier molecular flexibility index (Phi) is 6.94. The van der Waals surface area contributed by atoms with Crippen LogP contribution in [-0.2, 0) is 16.1 Å². The Morgan fingerprint density at radius 1 is 1.21 bits per heavy atom. The van der Waals surface area contributed by atoms with Crippen molar-refractivity contribution in [1.29, 1.82) is 0 Å². The second kappa shape index (κ2) is 9.20. The van der Waals surface area contributed by atoms with Crippen LogP contribution in [0.1, 0.15) is 12.5 Å². The first-order valence-electron chi connectivity index (χ1n) is 9.02. The molecule has 10 nitrogen and oxygen atoms in total. The van der Waals surface area contributed by atoms with E-state index in [4.69, 9.17) is 5.73 Å². The lowest BCUT2D eigenvalue weighted by atomic mass is 10.2. The van der Waals surface area contributed by atoms with Crippen LogP contribution in [-0.4, -0.2) is 60.0 Å². The van der Waals surface area contributed by atoms with Crippen molar-refractivity contribution in [3.63, 3.8) is 0 Å². The molecule has 0 fully saturated rings. The molecule has 0 aliphatic heterocycles. The molecule has 1 heterocycles. The number of H-pyrrole nitrogens is 1. The third kappa shape index (κ3) is 4.91. The normalized spacial score (nSPS) is 11.9. The number of hydrogen-bond acceptors (Lipinski definition) is 6. The van der Waals surface area contributed by atoms with E-state index in [1.54, 1.807) is 18.9 Å². The van der Waals surface area contributed by atoms with E-state index in [0.717, 1.165) is 10.5 Å². The Bertz CT molecular complexity index is 998. The predicted molar refractivity (Wildman–Crippen MR) is 111 cm³/mol. The van der Waals surface area contributed by atoms with Gasteiger partial charge in [0.1, 0.15) is 5.82 Å². The smallest absolute Gasteiger partial charge is 0.330 e. The van der Waals surface area contributed by atoms with Gasteiger partial charge in [0, 0.05) is 14.1 Å². The third-order valence-electron chi connectivity index (χ3n) is 4.78. The van der Waals surface area contributed by atoms with Crippen LogP contribution in [0.5, 0.6) is 0 Å². The second-order valence-corrected chi connectivity index (χ2v) is 6.72. The molecule has 0 bridgehead atoms. The molecule has 0 saturated carbocycles. The predicted octanol–water partition coefficient (Wildman–Crippen LogP) is -0.804. The number of nitrogens with two attached hydrogens (primary N) is 1. The first-order valence-corrected chi connectivity index (χ1v) is 9.02. The summed E-state index contributed by atoms with van der Waals surface area (Å²) in [6, 6.07) is 8.59. The molecule has 0 unspecified atom stereocenters. The number of amides is 2. The van der Waals surface area contributed by atoms with Gasteiger partial charge in [-0.2, -0.15) is 0 Å². The number of hydrogen-bond donors (Lipinski definition) is 3. The Morgan fingerprint density at radius 2 is 1.83 bits per heavy atom. The molecule has 0 aliphatic carbocycles. The van der Waals surface area contributed by atoms with Crippen LogP contribution in [0, 0.1) is 0 Å². The number of carbonyl (C=O) groups excluding carboxylic acids is 2. The number of aromatic nitrogens is 2. The lowest BCUT2D eigenvalue weighted by Gasteiger charge is -2.26. The van der Waals surface area contributed by atoms with Crippen molar-refractivity contribution in [1.82, 2.24) is 19.8 Å². The summed E-state index contributed by atoms with van der Waals surface area (Å²) in [4.78, 5) is 53.9. The first-order chi connectivity index (χ1) is 13.7. The Hall–Kier alpha value is -3.40. The van der Waals surface area contributed by atoms with Crippen LogP contribution in [0.2, 0.25) is 0 Å². The highest BCUT2D eigenvalue weighted by atomic mass is 16.2. The quantitative estimate of drug-likeness (QED) is 0.555. The Morgan fingerprint density at radius 3 is 2.41 bits per heavy atom. The van der Waals surface area contributed by atoms with Gasteiger partial charge in [-0.05, 0) is 19.5 Å². The van der Waals surface area contributed by atoms with Gasteiger partial charge in [-0.25, -0.2) is 4.79 Å². The molecule has 0 spiro atoms. The van der Waals surface area contributed by atoms with Gasteiger partial charge in [-0.1, -0.05) is 30.3 Å². The van der Waals surface area contributed by atoms with Crippen molar-refractivity contribution < 1.29 is 9.59 Å². The molecule has 2 aromatic rings. The SMILES string of the molecule is CNC(=O)[C@@H](C)N(C)CC(=O)N(C)c1c(N)n(Cc2ccccc2)c(=O)[nH]c1=O. The highest BCUT2D eigenvalue weighted by Crippen LogP contribution is 2.16. The van der Waals surface area contributed by atoms with E-state index in [9.17, 15) is 19.2 Å². The maximum Gasteiger partial charge on any atom is 0.330 e. The Balaban J connectivity index is 2.32. The number of rotatable bonds is 7. The number of nitrogens with one attached hydrogen (secondary N) is 2. The number of benzene rings is 1. The van der Waals surface area contributed by atoms with E-state index >= 15 is 0 Å². The van der Waals surface area contributed by atoms with Crippen molar-refractivity contribution in [3.05, 3.63) is 56.7 Å². The Labute approximate surface area is 167 Å². The molecule has 156 valence electrons. The average Bonchev–Trinajstić information content (AvgIpc) is 2.70. The molecule has 2 amide bonds. The fourth-order valence-electron chi connectivity index (χ4n) is 2.81. The molecule has 0 aliphatic rings. The summed E-state index contributed by atoms with van der Waals surface area (Å²) >= 11 is 0. The van der Waals surface area contributed by atoms with Gasteiger partial charge in [0.05, 0.1) is 19.1 Å². The minimum Gasteiger partial charge on any atom is -0.383 e. The maximum atomic E-state index is 12.7. The summed E-state index contributed by atoms with van der Waals surface area (Å²) in [5, 5.41) is 2.52. The van der Waals surface area contributed by atoms with Crippen LogP contribution in [0.15, 0.2) is 39.9 Å². The number of nitrogen functional groups attached to an aromatic ring is 1. The standard InChI is InChI=1S/C19H26N6O4/c1-12(17(27)21-2)23(3)11-14(26)24(4)15-16(20)25(19(29)22-18(15)28)10-13-8-6-5-7-9-13/h5-9,12H,10-11,20H2,1-4H3,(H,21,27)(H,22,28,29)/t12-/m1/s1. The lowest BCUT2D eigenvalue weighted by Crippen LogP contribution is -2.48. The fourth-order valence-corrected chi connectivity index (χ4v) is 2.81. The summed E-state index contributed by atoms with van der Waals surface area (Å²) in [5.74, 6) is -0.803. The van der Waals surface area contributed by atoms with E-state index in [1.165, 1.54) is 18.7 Å². The summed E-state index contributed by atoms with van der Waals surface area (Å²) in [6.07, 6.45) is 0. The summed E-state index contributed by atoms with van der Waals surface area (Å²) in [7, 11) is 4.53. The summed E-state index contributed by atoms with van der Waals surface area (Å²) in [5.41, 5.74) is 5.38. The molecule has 1 aromatic carbocycles. The molecule has 0 saturated heterocycles. The summed E-state index contributed by atoms with van der Waals surface area (Å²) < 4.78 is 1.20. The number of nitrogens with zero attached hydrogens (tertiary/aromatic N) is 3. The first kappa shape index (κ1) is 21.9. The fraction of sp³-hybridized carbons (Fsp3) is 0.368. The number of likely N-dealkylation sites (N-methyl/N-ethyl adjacent to an activating group) is 3. The van der Waals surface area contributed by atoms with E-state index in [2.05, 4.69) is 10.3 Å². The van der Waals surface area contributed by atoms with Gasteiger partial charge in [0.25, 0.3) is 5.56 Å². The van der Waals surface area contributed by atoms with E-state index in [0.29, 0.717) is 0 Å². The van der Waals surface area contributed by atoms with Crippen LogP contribution < -0.4 is 27.2 Å². The van der Waals surface area contributed by atoms with Gasteiger partial charge in [0.15, 0.2) is 5.69 Å². The van der Waals surface area contributed by atoms with Crippen molar-refractivity contribution >= 4 is 23.3 Å². The van der Waals surface area contributed by atoms with Gasteiger partial charge in [0.2, 0.25) is 11.8 Å². The van der Waals surface area contributed by atoms with Crippen molar-refractivity contribution in [3.8, 4) is 0 Å². The van der Waals surface area contributed by atoms with Gasteiger partial charge in [-0.3, -0.25) is 28.8 Å². The molecular weight excluding hydrogens is 376 g/mol. The van der Waals surface area contributed by atoms with Crippen molar-refractivity contribution in [2.75, 3.05) is 38.3 Å². The van der Waals surface area contributed by atoms with Crippen LogP contribution >= 0.6 is 0 Å². The summed E-state index contributed by atoms with van der Waals surface area (Å²) in [6.45, 7) is 1.68. The monoisotopic (exact) mass is 402 g/mol. The minimum absolute atomic E-state index is 0.111. The van der Waals surface area contributed by atoms with E-state index in [1.807, 2.05) is 30.3 Å². The van der Waals surface area contributed by atoms with Gasteiger partial charge in [-0.15, -0.1) is 0 Å². The number of aromatic amines is 1. The van der Waals surface area contributed by atoms with Crippen LogP contribution in [0.4, 0.5) is 11.5 Å². The third-order valence-corrected chi connectivity index (χ3v) is 4.78. The lowest BCUT2D eigenvalue weighted by molar-refractivity contribution is -0.126. The highest BCUT2D eigenvalue weighted by molar-refractivity contribution is 5.96. The molecule has 1 aromatic heterocycles. The van der Waals surface area contributed by atoms with E-state index in [-0.39, 0.29) is 30.5 Å². The van der Waals surface area contributed by atoms with Crippen LogP contribution in [0.25, 0.3) is 0 Å². The highest BCUT2D eigenvalue weighted by Gasteiger charge is 2.24. The molecule has 1 atom stereocenters. The maximum absolute atomic E-state index is 12.7. The zero-order chi connectivity index (χ0) is 21.7. The second-order valence-electron chi connectivity index (χ2n) is 6.72. The van der Waals surface area contributed by atoms with E-state index < -0.39 is 23.2 Å². The number of anilines is 2. The number of carbonyl (C=O) groups is 2. The van der Waals surface area contributed by atoms with Crippen LogP contribution in [0.3, 0.4) is 0 Å². The van der Waals surface area contributed by atoms with Crippen molar-refractivity contribution in [2.45, 2.75) is 19.5 Å². The molecular formula is C19H26N6O4. The van der Waals surface area contributed by atoms with Gasteiger partial charge < -0.3 is 16.0 Å². The average molecular weight is 402 g/mol. The van der Waals surface area contributed by atoms with Gasteiger partial charge >= 0.3 is 5.69 Å². The topological polar surface area (TPSA) is 134 Å². The molecule has 2 rings (SSSR count). The molecule has 10 heteroatoms. The molecule has 29 heavy (non-hydrogen) atoms. The zero-order valence-electron chi connectivity index (χ0n) is 16.9. The minimum atomic E-state index is -0.755. The largest absolute Gasteiger partial charge is 0.383 e. The zero-order valence-corrected chi connectivity index (χ0v) is 16.9. The molecule has 0 radical (unpaired) electrons. The molecule has 4 N–H and O–H groups in total. The van der Waals surface area contributed by atoms with Crippen molar-refractivity contribution in [2.24, 2.45) is 0 Å².